The number of hydrogen-bond acceptors (Lipinski definition) is 4. The average molecular weight is 292 g/mol. The van der Waals surface area contributed by atoms with Crippen molar-refractivity contribution in [3.05, 3.63) is 42.2 Å². The van der Waals surface area contributed by atoms with Gasteiger partial charge in [0, 0.05) is 28.9 Å². The lowest BCUT2D eigenvalue weighted by molar-refractivity contribution is 0.234. The van der Waals surface area contributed by atoms with Gasteiger partial charge in [-0.15, -0.1) is 0 Å². The quantitative estimate of drug-likeness (QED) is 0.773. The molecule has 0 aliphatic rings. The maximum atomic E-state index is 9.16. The van der Waals surface area contributed by atoms with Crippen molar-refractivity contribution >= 4 is 16.6 Å². The number of rotatable bonds is 3. The molecule has 0 fully saturated rings. The molecule has 0 aliphatic carbocycles. The zero-order valence-electron chi connectivity index (χ0n) is 12.4. The molecule has 0 radical (unpaired) electrons. The normalized spacial score (nSPS) is 10.8. The molecule has 110 valence electrons. The number of fused-ring (bicyclic) bond motifs is 1. The van der Waals surface area contributed by atoms with E-state index in [0.29, 0.717) is 17.1 Å². The second kappa shape index (κ2) is 5.41. The molecule has 0 saturated heterocycles. The molecular formula is C17H16N4O. The number of para-hydroxylation sites is 1. The summed E-state index contributed by atoms with van der Waals surface area (Å²) in [6.45, 7) is 3.86. The Kier molecular flexibility index (Phi) is 3.43. The van der Waals surface area contributed by atoms with Gasteiger partial charge in [0.2, 0.25) is 5.88 Å². The van der Waals surface area contributed by atoms with Crippen LogP contribution in [0, 0.1) is 11.3 Å². The van der Waals surface area contributed by atoms with Crippen LogP contribution in [0.4, 0.5) is 5.69 Å². The first-order chi connectivity index (χ1) is 10.6. The number of aromatic nitrogens is 2. The lowest BCUT2D eigenvalue weighted by Crippen LogP contribution is -2.08. The molecule has 5 nitrogen and oxygen atoms in total. The van der Waals surface area contributed by atoms with Crippen LogP contribution in [-0.4, -0.2) is 16.1 Å². The molecule has 0 unspecified atom stereocenters. The van der Waals surface area contributed by atoms with Crippen LogP contribution in [0.1, 0.15) is 19.4 Å². The minimum atomic E-state index is 0.0203. The molecule has 0 bridgehead atoms. The summed E-state index contributed by atoms with van der Waals surface area (Å²) in [5.74, 6) is 0.441. The second-order valence-electron chi connectivity index (χ2n) is 5.33. The molecular weight excluding hydrogens is 276 g/mol. The van der Waals surface area contributed by atoms with Gasteiger partial charge in [-0.05, 0) is 26.0 Å². The second-order valence-corrected chi connectivity index (χ2v) is 5.33. The molecule has 5 heteroatoms. The molecule has 0 spiro atoms. The molecule has 1 aromatic carbocycles. The van der Waals surface area contributed by atoms with Crippen molar-refractivity contribution in [1.29, 1.82) is 5.26 Å². The smallest absolute Gasteiger partial charge is 0.237 e. The van der Waals surface area contributed by atoms with Crippen LogP contribution in [0.2, 0.25) is 0 Å². The van der Waals surface area contributed by atoms with Gasteiger partial charge in [0.15, 0.2) is 0 Å². The summed E-state index contributed by atoms with van der Waals surface area (Å²) >= 11 is 0. The number of nitrogen functional groups attached to an aromatic ring is 1. The number of nitrogens with zero attached hydrogens (tertiary/aromatic N) is 2. The Morgan fingerprint density at radius 3 is 2.86 bits per heavy atom. The summed E-state index contributed by atoms with van der Waals surface area (Å²) in [6, 6.07) is 9.65. The molecule has 2 aromatic heterocycles. The van der Waals surface area contributed by atoms with Crippen LogP contribution >= 0.6 is 0 Å². The van der Waals surface area contributed by atoms with Gasteiger partial charge in [0.05, 0.1) is 22.9 Å². The SMILES string of the molecule is CC(C)Oc1ncc(-c2c[nH]c3c(C#N)cccc23)cc1N. The third-order valence-electron chi connectivity index (χ3n) is 3.37. The highest BCUT2D eigenvalue weighted by molar-refractivity contribution is 5.98. The first-order valence-corrected chi connectivity index (χ1v) is 7.03. The van der Waals surface area contributed by atoms with Gasteiger partial charge in [-0.2, -0.15) is 5.26 Å². The number of pyridine rings is 1. The van der Waals surface area contributed by atoms with Gasteiger partial charge in [-0.25, -0.2) is 4.98 Å². The predicted molar refractivity (Wildman–Crippen MR) is 86.4 cm³/mol. The molecule has 3 rings (SSSR count). The minimum absolute atomic E-state index is 0.0203. The van der Waals surface area contributed by atoms with Gasteiger partial charge < -0.3 is 15.5 Å². The fraction of sp³-hybridized carbons (Fsp3) is 0.176. The summed E-state index contributed by atoms with van der Waals surface area (Å²) in [5.41, 5.74) is 9.80. The van der Waals surface area contributed by atoms with Gasteiger partial charge in [-0.1, -0.05) is 12.1 Å². The summed E-state index contributed by atoms with van der Waals surface area (Å²) in [7, 11) is 0. The van der Waals surface area contributed by atoms with E-state index in [9.17, 15) is 0 Å². The van der Waals surface area contributed by atoms with Crippen molar-refractivity contribution in [2.45, 2.75) is 20.0 Å². The van der Waals surface area contributed by atoms with E-state index in [-0.39, 0.29) is 6.10 Å². The number of nitriles is 1. The van der Waals surface area contributed by atoms with Gasteiger partial charge in [0.25, 0.3) is 0 Å². The van der Waals surface area contributed by atoms with Crippen molar-refractivity contribution in [2.75, 3.05) is 5.73 Å². The number of benzene rings is 1. The number of H-pyrrole nitrogens is 1. The zero-order chi connectivity index (χ0) is 15.7. The van der Waals surface area contributed by atoms with Gasteiger partial charge in [-0.3, -0.25) is 0 Å². The van der Waals surface area contributed by atoms with Crippen LogP contribution in [-0.2, 0) is 0 Å². The van der Waals surface area contributed by atoms with Crippen molar-refractivity contribution in [3.8, 4) is 23.1 Å². The van der Waals surface area contributed by atoms with E-state index < -0.39 is 0 Å². The Morgan fingerprint density at radius 1 is 1.36 bits per heavy atom. The molecule has 22 heavy (non-hydrogen) atoms. The van der Waals surface area contributed by atoms with Crippen LogP contribution in [0.25, 0.3) is 22.0 Å². The van der Waals surface area contributed by atoms with Crippen LogP contribution in [0.5, 0.6) is 5.88 Å². The Morgan fingerprint density at radius 2 is 2.18 bits per heavy atom. The molecule has 3 aromatic rings. The Balaban J connectivity index is 2.09. The number of aromatic amines is 1. The maximum Gasteiger partial charge on any atom is 0.237 e. The largest absolute Gasteiger partial charge is 0.473 e. The van der Waals surface area contributed by atoms with Gasteiger partial charge >= 0.3 is 0 Å². The minimum Gasteiger partial charge on any atom is -0.473 e. The van der Waals surface area contributed by atoms with Crippen LogP contribution in [0.15, 0.2) is 36.7 Å². The fourth-order valence-corrected chi connectivity index (χ4v) is 2.42. The highest BCUT2D eigenvalue weighted by atomic mass is 16.5. The zero-order valence-corrected chi connectivity index (χ0v) is 12.4. The molecule has 0 saturated carbocycles. The van der Waals surface area contributed by atoms with E-state index in [0.717, 1.165) is 22.0 Å². The third kappa shape index (κ3) is 2.35. The van der Waals surface area contributed by atoms with Crippen molar-refractivity contribution < 1.29 is 4.74 Å². The molecule has 0 amide bonds. The molecule has 0 aliphatic heterocycles. The van der Waals surface area contributed by atoms with E-state index in [1.165, 1.54) is 0 Å². The van der Waals surface area contributed by atoms with E-state index >= 15 is 0 Å². The number of ether oxygens (including phenoxy) is 1. The summed E-state index contributed by atoms with van der Waals surface area (Å²) in [6.07, 6.45) is 3.62. The lowest BCUT2D eigenvalue weighted by atomic mass is 10.0. The predicted octanol–water partition coefficient (Wildman–Crippen LogP) is 3.47. The number of anilines is 1. The van der Waals surface area contributed by atoms with Gasteiger partial charge in [0.1, 0.15) is 6.07 Å². The Bertz CT molecular complexity index is 874. The summed E-state index contributed by atoms with van der Waals surface area (Å²) in [5, 5.41) is 10.1. The van der Waals surface area contributed by atoms with Crippen molar-refractivity contribution in [3.63, 3.8) is 0 Å². The lowest BCUT2D eigenvalue weighted by Gasteiger charge is -2.11. The van der Waals surface area contributed by atoms with E-state index in [1.807, 2.05) is 38.2 Å². The molecule has 3 N–H and O–H groups in total. The first-order valence-electron chi connectivity index (χ1n) is 7.03. The van der Waals surface area contributed by atoms with Crippen molar-refractivity contribution in [2.24, 2.45) is 0 Å². The Hall–Kier alpha value is -3.00. The third-order valence-corrected chi connectivity index (χ3v) is 3.37. The topological polar surface area (TPSA) is 87.7 Å². The first kappa shape index (κ1) is 14.0. The van der Waals surface area contributed by atoms with Crippen molar-refractivity contribution in [1.82, 2.24) is 9.97 Å². The number of nitrogens with two attached hydrogens (primary N) is 1. The maximum absolute atomic E-state index is 9.16. The van der Waals surface area contributed by atoms with E-state index in [2.05, 4.69) is 16.0 Å². The number of hydrogen-bond donors (Lipinski definition) is 2. The molecule has 2 heterocycles. The highest BCUT2D eigenvalue weighted by Crippen LogP contribution is 2.32. The van der Waals surface area contributed by atoms with Crippen LogP contribution in [0.3, 0.4) is 0 Å². The summed E-state index contributed by atoms with van der Waals surface area (Å²) < 4.78 is 5.55. The molecule has 0 atom stereocenters. The van der Waals surface area contributed by atoms with E-state index in [1.54, 1.807) is 12.3 Å². The number of nitrogens with one attached hydrogen (secondary N) is 1. The van der Waals surface area contributed by atoms with E-state index in [4.69, 9.17) is 15.7 Å². The highest BCUT2D eigenvalue weighted by Gasteiger charge is 2.12. The van der Waals surface area contributed by atoms with Crippen LogP contribution < -0.4 is 10.5 Å². The average Bonchev–Trinajstić information content (AvgIpc) is 2.93. The monoisotopic (exact) mass is 292 g/mol. The standard InChI is InChI=1S/C17H16N4O/c1-10(2)22-17-15(19)6-12(8-21-17)14-9-20-16-11(7-18)4-3-5-13(14)16/h3-6,8-10,20H,19H2,1-2H3. The fourth-order valence-electron chi connectivity index (χ4n) is 2.42. The Labute approximate surface area is 128 Å². The summed E-state index contributed by atoms with van der Waals surface area (Å²) in [4.78, 5) is 7.45.